The summed E-state index contributed by atoms with van der Waals surface area (Å²) in [6.07, 6.45) is -4.41. The summed E-state index contributed by atoms with van der Waals surface area (Å²) in [6.45, 7) is 2.75. The Morgan fingerprint density at radius 2 is 2.08 bits per heavy atom. The summed E-state index contributed by atoms with van der Waals surface area (Å²) in [5, 5.41) is 3.70. The molecule has 0 unspecified atom stereocenters. The Bertz CT molecular complexity index is 769. The van der Waals surface area contributed by atoms with E-state index in [9.17, 15) is 18.0 Å². The van der Waals surface area contributed by atoms with Crippen LogP contribution in [0.15, 0.2) is 34.9 Å². The third-order valence-corrected chi connectivity index (χ3v) is 4.55. The van der Waals surface area contributed by atoms with Crippen molar-refractivity contribution < 1.29 is 22.5 Å². The first-order valence-corrected chi connectivity index (χ1v) is 7.61. The van der Waals surface area contributed by atoms with Gasteiger partial charge in [-0.05, 0) is 31.4 Å². The molecule has 1 amide bonds. The quantitative estimate of drug-likeness (QED) is 0.843. The number of hydrogen-bond acceptors (Lipinski definition) is 3. The zero-order valence-corrected chi connectivity index (χ0v) is 13.4. The number of amides is 1. The summed E-state index contributed by atoms with van der Waals surface area (Å²) >= 11 is 0. The number of fused-ring (bicyclic) bond motifs is 1. The maximum absolute atomic E-state index is 13.9. The molecule has 1 aromatic heterocycles. The lowest BCUT2D eigenvalue weighted by atomic mass is 9.81. The van der Waals surface area contributed by atoms with E-state index in [1.165, 1.54) is 6.07 Å². The van der Waals surface area contributed by atoms with E-state index in [0.717, 1.165) is 11.8 Å². The maximum Gasteiger partial charge on any atom is 0.415 e. The van der Waals surface area contributed by atoms with Crippen LogP contribution < -0.4 is 0 Å². The molecule has 0 bridgehead atoms. The molecule has 0 saturated heterocycles. The molecule has 0 spiro atoms. The number of benzene rings is 1. The van der Waals surface area contributed by atoms with Gasteiger partial charge in [0.2, 0.25) is 5.91 Å². The number of rotatable bonds is 2. The predicted molar refractivity (Wildman–Crippen MR) is 80.2 cm³/mol. The van der Waals surface area contributed by atoms with Crippen LogP contribution in [0.3, 0.4) is 0 Å². The smallest absolute Gasteiger partial charge is 0.361 e. The summed E-state index contributed by atoms with van der Waals surface area (Å²) in [4.78, 5) is 13.5. The van der Waals surface area contributed by atoms with Crippen LogP contribution in [0.1, 0.15) is 29.5 Å². The molecule has 0 N–H and O–H groups in total. The highest BCUT2D eigenvalue weighted by Gasteiger charge is 2.59. The minimum Gasteiger partial charge on any atom is -0.361 e. The Kier molecular flexibility index (Phi) is 3.89. The Morgan fingerprint density at radius 3 is 2.71 bits per heavy atom. The molecular formula is C17H17F3N2O2. The summed E-state index contributed by atoms with van der Waals surface area (Å²) in [5.41, 5.74) is -1.26. The lowest BCUT2D eigenvalue weighted by Crippen LogP contribution is -2.59. The first-order chi connectivity index (χ1) is 11.2. The van der Waals surface area contributed by atoms with E-state index in [1.807, 2.05) is 0 Å². The molecule has 4 nitrogen and oxygen atoms in total. The molecule has 24 heavy (non-hydrogen) atoms. The summed E-state index contributed by atoms with van der Waals surface area (Å²) in [5.74, 6) is -0.0991. The fourth-order valence-electron chi connectivity index (χ4n) is 3.25. The molecule has 0 radical (unpaired) electrons. The van der Waals surface area contributed by atoms with Crippen molar-refractivity contribution in [2.75, 3.05) is 6.54 Å². The van der Waals surface area contributed by atoms with E-state index in [-0.39, 0.29) is 18.5 Å². The molecule has 2 heterocycles. The molecule has 7 heteroatoms. The van der Waals surface area contributed by atoms with Crippen LogP contribution in [0.5, 0.6) is 0 Å². The number of aromatic nitrogens is 1. The van der Waals surface area contributed by atoms with Crippen LogP contribution in [-0.2, 0) is 23.2 Å². The molecule has 0 saturated carbocycles. The maximum atomic E-state index is 13.9. The second-order valence-electron chi connectivity index (χ2n) is 6.13. The number of nitrogens with zero attached hydrogens (tertiary/aromatic N) is 2. The molecule has 0 aliphatic carbocycles. The SMILES string of the molecule is Cc1cc(CC(=O)N2CCc3ccccc3[C@]2(C)C(F)(F)F)no1. The fourth-order valence-corrected chi connectivity index (χ4v) is 3.25. The minimum atomic E-state index is -4.58. The van der Waals surface area contributed by atoms with Crippen LogP contribution in [0.4, 0.5) is 13.2 Å². The Balaban J connectivity index is 1.99. The molecule has 2 aromatic rings. The molecule has 0 fully saturated rings. The van der Waals surface area contributed by atoms with E-state index >= 15 is 0 Å². The highest BCUT2D eigenvalue weighted by molar-refractivity contribution is 5.80. The first kappa shape index (κ1) is 16.5. The summed E-state index contributed by atoms with van der Waals surface area (Å²) < 4.78 is 46.7. The normalized spacial score (nSPS) is 20.8. The van der Waals surface area contributed by atoms with E-state index in [4.69, 9.17) is 4.52 Å². The van der Waals surface area contributed by atoms with Gasteiger partial charge in [-0.15, -0.1) is 0 Å². The van der Waals surface area contributed by atoms with Crippen molar-refractivity contribution >= 4 is 5.91 Å². The van der Waals surface area contributed by atoms with Crippen LogP contribution >= 0.6 is 0 Å². The van der Waals surface area contributed by atoms with Crippen molar-refractivity contribution in [3.05, 3.63) is 52.9 Å². The van der Waals surface area contributed by atoms with Crippen molar-refractivity contribution in [3.8, 4) is 0 Å². The molecule has 128 valence electrons. The Morgan fingerprint density at radius 1 is 1.38 bits per heavy atom. The second-order valence-corrected chi connectivity index (χ2v) is 6.13. The lowest BCUT2D eigenvalue weighted by Gasteiger charge is -2.46. The standard InChI is InChI=1S/C17H17F3N2O2/c1-11-9-13(21-24-11)10-15(23)22-8-7-12-5-3-4-6-14(12)16(22,2)17(18,19)20/h3-6,9H,7-8,10H2,1-2H3/t16-/m1/s1. The van der Waals surface area contributed by atoms with Crippen LogP contribution in [0, 0.1) is 6.92 Å². The Hall–Kier alpha value is -2.31. The van der Waals surface area contributed by atoms with Gasteiger partial charge in [0.1, 0.15) is 5.76 Å². The fraction of sp³-hybridized carbons (Fsp3) is 0.412. The van der Waals surface area contributed by atoms with Crippen molar-refractivity contribution in [1.29, 1.82) is 0 Å². The van der Waals surface area contributed by atoms with Gasteiger partial charge in [-0.1, -0.05) is 29.4 Å². The van der Waals surface area contributed by atoms with Gasteiger partial charge in [0.05, 0.1) is 12.1 Å². The molecule has 3 rings (SSSR count). The second kappa shape index (κ2) is 5.65. The summed E-state index contributed by atoms with van der Waals surface area (Å²) in [6, 6.07) is 7.97. The number of hydrogen-bond donors (Lipinski definition) is 0. The molecule has 1 aliphatic rings. The molecular weight excluding hydrogens is 321 g/mol. The van der Waals surface area contributed by atoms with Gasteiger partial charge in [0, 0.05) is 12.6 Å². The van der Waals surface area contributed by atoms with Gasteiger partial charge in [0.25, 0.3) is 0 Å². The number of carbonyl (C=O) groups is 1. The number of aryl methyl sites for hydroxylation is 1. The molecule has 1 aromatic carbocycles. The predicted octanol–water partition coefficient (Wildman–Crippen LogP) is 3.39. The van der Waals surface area contributed by atoms with Gasteiger partial charge in [-0.25, -0.2) is 0 Å². The average Bonchev–Trinajstić information content (AvgIpc) is 2.91. The average molecular weight is 338 g/mol. The monoisotopic (exact) mass is 338 g/mol. The highest BCUT2D eigenvalue weighted by Crippen LogP contribution is 2.47. The van der Waals surface area contributed by atoms with Gasteiger partial charge >= 0.3 is 6.18 Å². The largest absolute Gasteiger partial charge is 0.415 e. The van der Waals surface area contributed by atoms with Gasteiger partial charge in [-0.2, -0.15) is 13.2 Å². The number of alkyl halides is 3. The van der Waals surface area contributed by atoms with E-state index in [2.05, 4.69) is 5.16 Å². The first-order valence-electron chi connectivity index (χ1n) is 7.61. The lowest BCUT2D eigenvalue weighted by molar-refractivity contribution is -0.234. The van der Waals surface area contributed by atoms with Crippen molar-refractivity contribution in [2.24, 2.45) is 0 Å². The number of halogens is 3. The summed E-state index contributed by atoms with van der Waals surface area (Å²) in [7, 11) is 0. The van der Waals surface area contributed by atoms with Crippen LogP contribution in [0.2, 0.25) is 0 Å². The topological polar surface area (TPSA) is 46.3 Å². The van der Waals surface area contributed by atoms with E-state index in [1.54, 1.807) is 31.2 Å². The van der Waals surface area contributed by atoms with Crippen molar-refractivity contribution in [3.63, 3.8) is 0 Å². The molecule has 1 atom stereocenters. The van der Waals surface area contributed by atoms with E-state index in [0.29, 0.717) is 23.4 Å². The van der Waals surface area contributed by atoms with Crippen LogP contribution in [-0.4, -0.2) is 28.7 Å². The zero-order chi connectivity index (χ0) is 17.5. The van der Waals surface area contributed by atoms with Crippen LogP contribution in [0.25, 0.3) is 0 Å². The number of carbonyl (C=O) groups excluding carboxylic acids is 1. The van der Waals surface area contributed by atoms with Gasteiger partial charge in [0.15, 0.2) is 5.54 Å². The van der Waals surface area contributed by atoms with Crippen molar-refractivity contribution in [1.82, 2.24) is 10.1 Å². The third-order valence-electron chi connectivity index (χ3n) is 4.55. The van der Waals surface area contributed by atoms with E-state index < -0.39 is 17.6 Å². The molecule has 1 aliphatic heterocycles. The zero-order valence-electron chi connectivity index (χ0n) is 13.4. The van der Waals surface area contributed by atoms with Crippen molar-refractivity contribution in [2.45, 2.75) is 38.4 Å². The highest BCUT2D eigenvalue weighted by atomic mass is 19.4. The minimum absolute atomic E-state index is 0.0166. The third kappa shape index (κ3) is 2.57. The Labute approximate surface area is 137 Å². The van der Waals surface area contributed by atoms with Gasteiger partial charge in [-0.3, -0.25) is 4.79 Å². The van der Waals surface area contributed by atoms with Gasteiger partial charge < -0.3 is 9.42 Å².